The van der Waals surface area contributed by atoms with Crippen molar-refractivity contribution >= 4 is 17.2 Å². The zero-order valence-electron chi connectivity index (χ0n) is 13.4. The molecule has 0 spiro atoms. The number of hydrogen-bond donors (Lipinski definition) is 1. The van der Waals surface area contributed by atoms with E-state index in [2.05, 4.69) is 10.3 Å². The van der Waals surface area contributed by atoms with Crippen LogP contribution >= 0.6 is 11.3 Å². The number of nitrogens with one attached hydrogen (secondary N) is 1. The van der Waals surface area contributed by atoms with Crippen molar-refractivity contribution in [3.8, 4) is 0 Å². The van der Waals surface area contributed by atoms with Crippen LogP contribution in [-0.4, -0.2) is 42.1 Å². The first-order valence-corrected chi connectivity index (χ1v) is 8.80. The lowest BCUT2D eigenvalue weighted by molar-refractivity contribution is -0.129. The van der Waals surface area contributed by atoms with E-state index >= 15 is 0 Å². The topological polar surface area (TPSA) is 54.5 Å². The first-order chi connectivity index (χ1) is 11.6. The first kappa shape index (κ1) is 17.0. The van der Waals surface area contributed by atoms with Gasteiger partial charge in [-0.25, -0.2) is 9.37 Å². The normalized spacial score (nSPS) is 18.1. The van der Waals surface area contributed by atoms with E-state index < -0.39 is 6.04 Å². The molecule has 1 amide bonds. The molecule has 1 fully saturated rings. The Hall–Kier alpha value is -1.83. The summed E-state index contributed by atoms with van der Waals surface area (Å²) < 4.78 is 19.0. The SMILES string of the molecule is C[C@H](NC(=O)[C@@H](c1cccc(F)c1)N1CCOCC1)c1nccs1. The van der Waals surface area contributed by atoms with Crippen molar-refractivity contribution in [3.63, 3.8) is 0 Å². The van der Waals surface area contributed by atoms with E-state index in [1.165, 1.54) is 23.5 Å². The van der Waals surface area contributed by atoms with Gasteiger partial charge in [-0.2, -0.15) is 0 Å². The lowest BCUT2D eigenvalue weighted by Gasteiger charge is -2.34. The Morgan fingerprint density at radius 2 is 2.21 bits per heavy atom. The minimum atomic E-state index is -0.535. The molecule has 0 aliphatic carbocycles. The summed E-state index contributed by atoms with van der Waals surface area (Å²) in [6.07, 6.45) is 1.72. The van der Waals surface area contributed by atoms with Gasteiger partial charge >= 0.3 is 0 Å². The van der Waals surface area contributed by atoms with Crippen molar-refractivity contribution < 1.29 is 13.9 Å². The second-order valence-electron chi connectivity index (χ2n) is 5.71. The van der Waals surface area contributed by atoms with Gasteiger partial charge in [-0.15, -0.1) is 11.3 Å². The average Bonchev–Trinajstić information content (AvgIpc) is 3.11. The molecule has 0 unspecified atom stereocenters. The standard InChI is InChI=1S/C17H20FN3O2S/c1-12(17-19-5-10-24-17)20-16(22)15(21-6-8-23-9-7-21)13-3-2-4-14(18)11-13/h2-5,10-12,15H,6-9H2,1H3,(H,20,22)/t12-,15+/m0/s1. The smallest absolute Gasteiger partial charge is 0.242 e. The van der Waals surface area contributed by atoms with Crippen LogP contribution in [0.2, 0.25) is 0 Å². The van der Waals surface area contributed by atoms with E-state index in [0.717, 1.165) is 5.01 Å². The van der Waals surface area contributed by atoms with Crippen LogP contribution in [0.25, 0.3) is 0 Å². The monoisotopic (exact) mass is 349 g/mol. The van der Waals surface area contributed by atoms with Crippen LogP contribution in [0.4, 0.5) is 4.39 Å². The molecule has 0 saturated carbocycles. The summed E-state index contributed by atoms with van der Waals surface area (Å²) >= 11 is 1.50. The fourth-order valence-electron chi connectivity index (χ4n) is 2.84. The van der Waals surface area contributed by atoms with Gasteiger partial charge in [0.25, 0.3) is 0 Å². The van der Waals surface area contributed by atoms with Gasteiger partial charge in [0.2, 0.25) is 5.91 Å². The maximum atomic E-state index is 13.7. The van der Waals surface area contributed by atoms with E-state index in [0.29, 0.717) is 31.9 Å². The van der Waals surface area contributed by atoms with Gasteiger partial charge in [-0.05, 0) is 24.6 Å². The first-order valence-electron chi connectivity index (χ1n) is 7.92. The van der Waals surface area contributed by atoms with E-state index in [1.54, 1.807) is 18.3 Å². The van der Waals surface area contributed by atoms with E-state index in [-0.39, 0.29) is 17.8 Å². The minimum absolute atomic E-state index is 0.148. The number of hydrogen-bond acceptors (Lipinski definition) is 5. The van der Waals surface area contributed by atoms with Gasteiger partial charge in [0, 0.05) is 24.7 Å². The van der Waals surface area contributed by atoms with Gasteiger partial charge in [-0.1, -0.05) is 12.1 Å². The number of benzene rings is 1. The number of halogens is 1. The van der Waals surface area contributed by atoms with Crippen LogP contribution in [-0.2, 0) is 9.53 Å². The molecule has 2 atom stereocenters. The van der Waals surface area contributed by atoms with Crippen LogP contribution in [0.5, 0.6) is 0 Å². The molecule has 1 aliphatic rings. The van der Waals surface area contributed by atoms with Crippen LogP contribution in [0.15, 0.2) is 35.8 Å². The Kier molecular flexibility index (Phi) is 5.55. The number of aromatic nitrogens is 1. The molecule has 2 heterocycles. The number of carbonyl (C=O) groups is 1. The highest BCUT2D eigenvalue weighted by molar-refractivity contribution is 7.09. The van der Waals surface area contributed by atoms with Crippen molar-refractivity contribution in [1.29, 1.82) is 0 Å². The molecular formula is C17H20FN3O2S. The number of nitrogens with zero attached hydrogens (tertiary/aromatic N) is 2. The Balaban J connectivity index is 1.81. The highest BCUT2D eigenvalue weighted by Crippen LogP contribution is 2.25. The van der Waals surface area contributed by atoms with Crippen LogP contribution < -0.4 is 5.32 Å². The second kappa shape index (κ2) is 7.83. The third-order valence-corrected chi connectivity index (χ3v) is 4.96. The van der Waals surface area contributed by atoms with Crippen molar-refractivity contribution in [2.24, 2.45) is 0 Å². The largest absolute Gasteiger partial charge is 0.379 e. The van der Waals surface area contributed by atoms with E-state index in [1.807, 2.05) is 17.2 Å². The molecule has 1 aromatic carbocycles. The van der Waals surface area contributed by atoms with Gasteiger partial charge in [0.1, 0.15) is 16.9 Å². The Labute approximate surface area is 144 Å². The van der Waals surface area contributed by atoms with Crippen LogP contribution in [0.3, 0.4) is 0 Å². The lowest BCUT2D eigenvalue weighted by Crippen LogP contribution is -2.46. The quantitative estimate of drug-likeness (QED) is 0.901. The molecule has 0 radical (unpaired) electrons. The Morgan fingerprint density at radius 1 is 1.42 bits per heavy atom. The van der Waals surface area contributed by atoms with Gasteiger partial charge < -0.3 is 10.1 Å². The Bertz CT molecular complexity index is 674. The predicted octanol–water partition coefficient (Wildman–Crippen LogP) is 2.53. The molecule has 1 saturated heterocycles. The summed E-state index contributed by atoms with van der Waals surface area (Å²) in [7, 11) is 0. The third kappa shape index (κ3) is 3.98. The summed E-state index contributed by atoms with van der Waals surface area (Å²) in [5.41, 5.74) is 0.653. The lowest BCUT2D eigenvalue weighted by atomic mass is 10.0. The van der Waals surface area contributed by atoms with E-state index in [9.17, 15) is 9.18 Å². The maximum Gasteiger partial charge on any atom is 0.242 e. The molecule has 7 heteroatoms. The van der Waals surface area contributed by atoms with Gasteiger partial charge in [0.05, 0.1) is 19.3 Å². The molecule has 0 bridgehead atoms. The summed E-state index contributed by atoms with van der Waals surface area (Å²) in [6.45, 7) is 4.32. The molecule has 2 aromatic rings. The predicted molar refractivity (Wildman–Crippen MR) is 90.2 cm³/mol. The third-order valence-electron chi connectivity index (χ3n) is 4.00. The Morgan fingerprint density at radius 3 is 2.88 bits per heavy atom. The average molecular weight is 349 g/mol. The summed E-state index contributed by atoms with van der Waals surface area (Å²) in [6, 6.07) is 5.51. The summed E-state index contributed by atoms with van der Waals surface area (Å²) in [5.74, 6) is -0.489. The summed E-state index contributed by atoms with van der Waals surface area (Å²) in [4.78, 5) is 19.2. The van der Waals surface area contributed by atoms with Crippen molar-refractivity contribution in [2.75, 3.05) is 26.3 Å². The molecule has 3 rings (SSSR count). The maximum absolute atomic E-state index is 13.7. The molecule has 24 heavy (non-hydrogen) atoms. The molecular weight excluding hydrogens is 329 g/mol. The summed E-state index contributed by atoms with van der Waals surface area (Å²) in [5, 5.41) is 5.73. The van der Waals surface area contributed by atoms with Crippen LogP contribution in [0, 0.1) is 5.82 Å². The van der Waals surface area contributed by atoms with Crippen LogP contribution in [0.1, 0.15) is 29.6 Å². The second-order valence-corrected chi connectivity index (χ2v) is 6.63. The number of rotatable bonds is 5. The van der Waals surface area contributed by atoms with Gasteiger partial charge in [0.15, 0.2) is 0 Å². The molecule has 1 aliphatic heterocycles. The van der Waals surface area contributed by atoms with Crippen molar-refractivity contribution in [2.45, 2.75) is 19.0 Å². The number of morpholine rings is 1. The molecule has 1 N–H and O–H groups in total. The van der Waals surface area contributed by atoms with Crippen molar-refractivity contribution in [1.82, 2.24) is 15.2 Å². The highest BCUT2D eigenvalue weighted by atomic mass is 32.1. The zero-order valence-corrected chi connectivity index (χ0v) is 14.3. The zero-order chi connectivity index (χ0) is 16.9. The fourth-order valence-corrected chi connectivity index (χ4v) is 3.49. The van der Waals surface area contributed by atoms with Gasteiger partial charge in [-0.3, -0.25) is 9.69 Å². The molecule has 1 aromatic heterocycles. The fraction of sp³-hybridized carbons (Fsp3) is 0.412. The number of ether oxygens (including phenoxy) is 1. The minimum Gasteiger partial charge on any atom is -0.379 e. The van der Waals surface area contributed by atoms with Crippen molar-refractivity contribution in [3.05, 3.63) is 52.2 Å². The number of thiazole rings is 1. The number of carbonyl (C=O) groups excluding carboxylic acids is 1. The molecule has 128 valence electrons. The molecule has 5 nitrogen and oxygen atoms in total. The number of amides is 1. The highest BCUT2D eigenvalue weighted by Gasteiger charge is 2.30. The van der Waals surface area contributed by atoms with E-state index in [4.69, 9.17) is 4.74 Å².